The Morgan fingerprint density at radius 2 is 1.68 bits per heavy atom. The van der Waals surface area contributed by atoms with Gasteiger partial charge in [-0.3, -0.25) is 19.2 Å². The highest BCUT2D eigenvalue weighted by Crippen LogP contribution is 2.63. The van der Waals surface area contributed by atoms with Crippen molar-refractivity contribution in [1.82, 2.24) is 5.32 Å². The van der Waals surface area contributed by atoms with E-state index in [0.717, 1.165) is 62.7 Å². The Morgan fingerprint density at radius 3 is 2.38 bits per heavy atom. The molecule has 278 valence electrons. The van der Waals surface area contributed by atoms with Crippen molar-refractivity contribution in [2.45, 2.75) is 134 Å². The van der Waals surface area contributed by atoms with Crippen LogP contribution in [0.15, 0.2) is 11.6 Å². The quantitative estimate of drug-likeness (QED) is 0.149. The van der Waals surface area contributed by atoms with Crippen LogP contribution in [0.5, 0.6) is 0 Å². The Hall–Kier alpha value is -1.71. The van der Waals surface area contributed by atoms with Crippen molar-refractivity contribution in [1.29, 1.82) is 0 Å². The summed E-state index contributed by atoms with van der Waals surface area (Å²) in [5, 5.41) is 3.22. The van der Waals surface area contributed by atoms with E-state index < -0.39 is 5.60 Å². The van der Waals surface area contributed by atoms with Crippen LogP contribution in [0.25, 0.3) is 0 Å². The maximum Gasteiger partial charge on any atom is 0.306 e. The van der Waals surface area contributed by atoms with Crippen molar-refractivity contribution in [3.8, 4) is 0 Å². The van der Waals surface area contributed by atoms with Crippen molar-refractivity contribution in [3.05, 3.63) is 11.6 Å². The molecule has 1 aliphatic heterocycles. The summed E-state index contributed by atoms with van der Waals surface area (Å²) in [4.78, 5) is 50.7. The lowest BCUT2D eigenvalue weighted by molar-refractivity contribution is -0.148. The first-order chi connectivity index (χ1) is 23.9. The molecular formula is C41H61NO7S. The van der Waals surface area contributed by atoms with Gasteiger partial charge in [0.2, 0.25) is 11.0 Å². The van der Waals surface area contributed by atoms with E-state index in [2.05, 4.69) is 26.1 Å². The summed E-state index contributed by atoms with van der Waals surface area (Å²) in [7, 11) is 0. The molecule has 9 heteroatoms. The number of hydrogen-bond acceptors (Lipinski definition) is 8. The summed E-state index contributed by atoms with van der Waals surface area (Å²) in [5.74, 6) is 4.62. The molecular weight excluding hydrogens is 651 g/mol. The molecule has 7 aliphatic carbocycles. The van der Waals surface area contributed by atoms with E-state index in [1.807, 2.05) is 6.08 Å². The fourth-order valence-corrected chi connectivity index (χ4v) is 13.9. The summed E-state index contributed by atoms with van der Waals surface area (Å²) in [5.41, 5.74) is 1.10. The number of fused-ring (bicyclic) bond motifs is 3. The van der Waals surface area contributed by atoms with E-state index in [4.69, 9.17) is 14.2 Å². The summed E-state index contributed by atoms with van der Waals surface area (Å²) < 4.78 is 17.3. The van der Waals surface area contributed by atoms with Gasteiger partial charge in [-0.05, 0) is 142 Å². The van der Waals surface area contributed by atoms with Gasteiger partial charge >= 0.3 is 5.97 Å². The number of amides is 1. The third-order valence-electron chi connectivity index (χ3n) is 14.6. The van der Waals surface area contributed by atoms with Crippen LogP contribution in [0.2, 0.25) is 0 Å². The zero-order valence-corrected chi connectivity index (χ0v) is 31.6. The van der Waals surface area contributed by atoms with Crippen LogP contribution in [-0.2, 0) is 33.4 Å². The highest BCUT2D eigenvalue weighted by molar-refractivity contribution is 8.14. The second-order valence-corrected chi connectivity index (χ2v) is 19.6. The Kier molecular flexibility index (Phi) is 11.0. The van der Waals surface area contributed by atoms with E-state index in [-0.39, 0.29) is 45.5 Å². The van der Waals surface area contributed by atoms with Gasteiger partial charge in [-0.2, -0.15) is 0 Å². The fourth-order valence-electron chi connectivity index (χ4n) is 12.6. The number of carbonyl (C=O) groups is 4. The number of esters is 1. The van der Waals surface area contributed by atoms with Crippen LogP contribution in [0.3, 0.4) is 0 Å². The van der Waals surface area contributed by atoms with Crippen LogP contribution in [-0.4, -0.2) is 66.6 Å². The average molecular weight is 712 g/mol. The Bertz CT molecular complexity index is 1310. The molecule has 8 aliphatic rings. The smallest absolute Gasteiger partial charge is 0.306 e. The molecule has 50 heavy (non-hydrogen) atoms. The summed E-state index contributed by atoms with van der Waals surface area (Å²) in [6.07, 6.45) is 18.2. The number of rotatable bonds is 14. The highest BCUT2D eigenvalue weighted by atomic mass is 32.2. The number of carbonyl (C=O) groups excluding carboxylic acids is 4. The average Bonchev–Trinajstić information content (AvgIpc) is 3.39. The molecule has 7 atom stereocenters. The van der Waals surface area contributed by atoms with Crippen molar-refractivity contribution < 1.29 is 33.4 Å². The van der Waals surface area contributed by atoms with Gasteiger partial charge in [-0.15, -0.1) is 0 Å². The van der Waals surface area contributed by atoms with E-state index in [1.165, 1.54) is 55.9 Å². The first-order valence-corrected chi connectivity index (χ1v) is 20.9. The molecule has 0 radical (unpaired) electrons. The van der Waals surface area contributed by atoms with Crippen LogP contribution < -0.4 is 5.32 Å². The lowest BCUT2D eigenvalue weighted by Gasteiger charge is -2.58. The van der Waals surface area contributed by atoms with E-state index in [1.54, 1.807) is 0 Å². The minimum Gasteiger partial charge on any atom is -0.459 e. The highest BCUT2D eigenvalue weighted by Gasteiger charge is 2.56. The molecule has 0 spiro atoms. The number of thioether (sulfide) groups is 1. The van der Waals surface area contributed by atoms with Crippen molar-refractivity contribution in [2.24, 2.45) is 52.3 Å². The van der Waals surface area contributed by atoms with Crippen LogP contribution in [0.1, 0.15) is 124 Å². The maximum absolute atomic E-state index is 13.4. The van der Waals surface area contributed by atoms with Gasteiger partial charge in [-0.25, -0.2) is 0 Å². The minimum absolute atomic E-state index is 0.00291. The summed E-state index contributed by atoms with van der Waals surface area (Å²) in [6, 6.07) is 0. The molecule has 1 heterocycles. The lowest BCUT2D eigenvalue weighted by atomic mass is 9.49. The molecule has 0 aromatic rings. The van der Waals surface area contributed by atoms with Gasteiger partial charge in [-0.1, -0.05) is 37.6 Å². The fraction of sp³-hybridized carbons (Fsp3) is 0.854. The molecule has 7 fully saturated rings. The van der Waals surface area contributed by atoms with Gasteiger partial charge in [0, 0.05) is 31.1 Å². The van der Waals surface area contributed by atoms with Crippen molar-refractivity contribution >= 4 is 34.5 Å². The number of ether oxygens (including phenoxy) is 3. The third kappa shape index (κ3) is 7.95. The summed E-state index contributed by atoms with van der Waals surface area (Å²) in [6.45, 7) is 8.51. The van der Waals surface area contributed by atoms with Crippen LogP contribution in [0.4, 0.5) is 0 Å². The second kappa shape index (κ2) is 15.0. The molecule has 1 saturated heterocycles. The molecule has 0 aromatic carbocycles. The van der Waals surface area contributed by atoms with Gasteiger partial charge in [0.15, 0.2) is 5.78 Å². The molecule has 5 unspecified atom stereocenters. The Balaban J connectivity index is 0.864. The largest absolute Gasteiger partial charge is 0.459 e. The molecule has 1 N–H and O–H groups in total. The first kappa shape index (κ1) is 36.6. The maximum atomic E-state index is 13.4. The van der Waals surface area contributed by atoms with Gasteiger partial charge in [0.25, 0.3) is 0 Å². The molecule has 0 aromatic heterocycles. The molecule has 4 bridgehead atoms. The first-order valence-electron chi connectivity index (χ1n) is 20.0. The predicted molar refractivity (Wildman–Crippen MR) is 193 cm³/mol. The van der Waals surface area contributed by atoms with E-state index in [0.29, 0.717) is 69.3 Å². The van der Waals surface area contributed by atoms with Gasteiger partial charge in [0.05, 0.1) is 19.8 Å². The zero-order chi connectivity index (χ0) is 35.1. The molecule has 8 nitrogen and oxygen atoms in total. The standard InChI is InChI=1S/C41H61NO7S/c1-26-4-5-33-38(32(26)7-9-39(2)10-8-36(45)49-39)34(20-30-19-31(43)6-11-40(30,33)3)50-37(46)25-48-15-14-47-13-12-42-35(44)24-41-21-27-16-28(22-41)18-29(17-27)23-41/h19,26-29,32-34,38H,4-18,20-25H2,1-3H3,(H,42,44)/t26?,27?,28?,29?,32?,33?,34-,38?,39-,40?,41?/m1/s1. The normalized spacial score (nSPS) is 41.7. The Morgan fingerprint density at radius 1 is 0.960 bits per heavy atom. The van der Waals surface area contributed by atoms with Gasteiger partial charge in [0.1, 0.15) is 12.2 Å². The van der Waals surface area contributed by atoms with E-state index in [9.17, 15) is 19.2 Å². The van der Waals surface area contributed by atoms with Crippen LogP contribution >= 0.6 is 11.8 Å². The van der Waals surface area contributed by atoms with Crippen LogP contribution in [0, 0.1) is 52.3 Å². The Labute approximate surface area is 303 Å². The number of hydrogen-bond donors (Lipinski definition) is 1. The SMILES string of the molecule is CC1CCC2C(C1CC[C@]1(C)CCC(=O)O1)[C@H](SC(=O)COCCOCCNC(=O)CC13CC4CC(CC(C4)C1)C3)CC1=CC(=O)CCC12C. The van der Waals surface area contributed by atoms with Crippen molar-refractivity contribution in [2.75, 3.05) is 33.0 Å². The number of ketones is 1. The predicted octanol–water partition coefficient (Wildman–Crippen LogP) is 7.22. The minimum atomic E-state index is -0.390. The second-order valence-electron chi connectivity index (χ2n) is 18.3. The number of allylic oxidation sites excluding steroid dienone is 2. The number of cyclic esters (lactones) is 1. The van der Waals surface area contributed by atoms with E-state index >= 15 is 0 Å². The molecule has 8 rings (SSSR count). The van der Waals surface area contributed by atoms with Crippen molar-refractivity contribution in [3.63, 3.8) is 0 Å². The topological polar surface area (TPSA) is 108 Å². The van der Waals surface area contributed by atoms with Gasteiger partial charge < -0.3 is 19.5 Å². The monoisotopic (exact) mass is 711 g/mol. The molecule has 1 amide bonds. The lowest BCUT2D eigenvalue weighted by Crippen LogP contribution is -2.52. The molecule has 6 saturated carbocycles. The zero-order valence-electron chi connectivity index (χ0n) is 30.8. The number of nitrogens with one attached hydrogen (secondary N) is 1. The third-order valence-corrected chi connectivity index (χ3v) is 15.8. The summed E-state index contributed by atoms with van der Waals surface area (Å²) >= 11 is 1.43.